The lowest BCUT2D eigenvalue weighted by Crippen LogP contribution is -2.37. The van der Waals surface area contributed by atoms with Gasteiger partial charge < -0.3 is 14.7 Å². The number of piperidine rings is 1. The normalized spacial score (nSPS) is 18.7. The van der Waals surface area contributed by atoms with Crippen LogP contribution in [0.25, 0.3) is 22.8 Å². The Morgan fingerprint density at radius 2 is 2.03 bits per heavy atom. The Kier molecular flexibility index (Phi) is 4.97. The third kappa shape index (κ3) is 3.46. The molecular formula is C24H25N5O. The second-order valence-electron chi connectivity index (χ2n) is 8.22. The molecule has 2 aromatic carbocycles. The zero-order chi connectivity index (χ0) is 20.5. The molecule has 0 aliphatic carbocycles. The van der Waals surface area contributed by atoms with Crippen LogP contribution in [-0.2, 0) is 13.0 Å². The monoisotopic (exact) mass is 399 g/mol. The van der Waals surface area contributed by atoms with Gasteiger partial charge in [0.15, 0.2) is 0 Å². The first-order valence-corrected chi connectivity index (χ1v) is 10.7. The van der Waals surface area contributed by atoms with Crippen LogP contribution in [0, 0.1) is 11.3 Å². The molecule has 30 heavy (non-hydrogen) atoms. The van der Waals surface area contributed by atoms with Crippen LogP contribution in [0.3, 0.4) is 0 Å². The predicted octanol–water partition coefficient (Wildman–Crippen LogP) is 4.30. The second kappa shape index (κ2) is 7.92. The van der Waals surface area contributed by atoms with E-state index in [-0.39, 0.29) is 0 Å². The Morgan fingerprint density at radius 1 is 1.13 bits per heavy atom. The fourth-order valence-electron chi connectivity index (χ4n) is 4.54. The molecule has 2 aliphatic heterocycles. The third-order valence-electron chi connectivity index (χ3n) is 6.25. The number of rotatable bonds is 3. The number of nitrogens with one attached hydrogen (secondary N) is 1. The number of hydrogen-bond acceptors (Lipinski definition) is 6. The van der Waals surface area contributed by atoms with Crippen LogP contribution in [0.2, 0.25) is 0 Å². The number of nitrogens with zero attached hydrogens (tertiary/aromatic N) is 4. The number of fused-ring (bicyclic) bond motifs is 1. The minimum Gasteiger partial charge on any atom is -0.368 e. The molecule has 152 valence electrons. The molecule has 3 aromatic rings. The van der Waals surface area contributed by atoms with Crippen molar-refractivity contribution in [1.82, 2.24) is 15.5 Å². The van der Waals surface area contributed by atoms with E-state index < -0.39 is 0 Å². The van der Waals surface area contributed by atoms with Gasteiger partial charge in [-0.2, -0.15) is 10.2 Å². The molecule has 1 unspecified atom stereocenters. The number of anilines is 1. The van der Waals surface area contributed by atoms with Crippen LogP contribution in [-0.4, -0.2) is 29.3 Å². The molecule has 0 spiro atoms. The van der Waals surface area contributed by atoms with Gasteiger partial charge >= 0.3 is 0 Å². The van der Waals surface area contributed by atoms with E-state index in [9.17, 15) is 5.26 Å². The molecule has 1 saturated heterocycles. The lowest BCUT2D eigenvalue weighted by molar-refractivity contribution is 0.432. The molecule has 1 fully saturated rings. The first kappa shape index (κ1) is 18.8. The van der Waals surface area contributed by atoms with Crippen molar-refractivity contribution in [2.75, 3.05) is 18.0 Å². The highest BCUT2D eigenvalue weighted by Gasteiger charge is 2.22. The summed E-state index contributed by atoms with van der Waals surface area (Å²) in [5.41, 5.74) is 6.04. The fourth-order valence-corrected chi connectivity index (χ4v) is 4.54. The lowest BCUT2D eigenvalue weighted by Gasteiger charge is -2.36. The predicted molar refractivity (Wildman–Crippen MR) is 116 cm³/mol. The fraction of sp³-hybridized carbons (Fsp3) is 0.375. The van der Waals surface area contributed by atoms with Gasteiger partial charge in [-0.15, -0.1) is 0 Å². The number of nitriles is 1. The Labute approximate surface area is 176 Å². The standard InChI is InChI=1S/C24H25N5O/c1-16-4-2-3-11-29(16)22-8-7-19(13-20(22)14-25)24-27-23(28-30-24)18-6-5-17-9-10-26-15-21(17)12-18/h5-8,12-13,16,26H,2-4,9-11,15H2,1H3. The Morgan fingerprint density at radius 3 is 2.90 bits per heavy atom. The van der Waals surface area contributed by atoms with Crippen molar-refractivity contribution < 1.29 is 4.52 Å². The summed E-state index contributed by atoms with van der Waals surface area (Å²) in [5.74, 6) is 1.01. The Bertz CT molecular complexity index is 1110. The van der Waals surface area contributed by atoms with Crippen LogP contribution < -0.4 is 10.2 Å². The maximum absolute atomic E-state index is 9.75. The summed E-state index contributed by atoms with van der Waals surface area (Å²) < 4.78 is 5.56. The maximum atomic E-state index is 9.75. The van der Waals surface area contributed by atoms with Crippen LogP contribution in [0.1, 0.15) is 42.9 Å². The van der Waals surface area contributed by atoms with Crippen molar-refractivity contribution in [3.8, 4) is 28.9 Å². The summed E-state index contributed by atoms with van der Waals surface area (Å²) in [4.78, 5) is 6.95. The highest BCUT2D eigenvalue weighted by atomic mass is 16.5. The van der Waals surface area contributed by atoms with Gasteiger partial charge in [0, 0.05) is 30.3 Å². The van der Waals surface area contributed by atoms with Crippen molar-refractivity contribution in [3.63, 3.8) is 0 Å². The molecular weight excluding hydrogens is 374 g/mol. The van der Waals surface area contributed by atoms with E-state index in [4.69, 9.17) is 4.52 Å². The Hall–Kier alpha value is -3.17. The van der Waals surface area contributed by atoms with Gasteiger partial charge in [0.25, 0.3) is 5.89 Å². The van der Waals surface area contributed by atoms with E-state index in [1.54, 1.807) is 0 Å². The van der Waals surface area contributed by atoms with Crippen LogP contribution in [0.4, 0.5) is 5.69 Å². The SMILES string of the molecule is CC1CCCCN1c1ccc(-c2nc(-c3ccc4c(c3)CNCC4)no2)cc1C#N. The van der Waals surface area contributed by atoms with Gasteiger partial charge in [-0.3, -0.25) is 0 Å². The molecule has 0 radical (unpaired) electrons. The summed E-state index contributed by atoms with van der Waals surface area (Å²) in [7, 11) is 0. The van der Waals surface area contributed by atoms with Gasteiger partial charge in [0.1, 0.15) is 6.07 Å². The minimum atomic E-state index is 0.440. The zero-order valence-corrected chi connectivity index (χ0v) is 17.2. The van der Waals surface area contributed by atoms with Crippen molar-refractivity contribution in [1.29, 1.82) is 5.26 Å². The molecule has 5 rings (SSSR count). The zero-order valence-electron chi connectivity index (χ0n) is 17.2. The summed E-state index contributed by atoms with van der Waals surface area (Å²) in [6.45, 7) is 5.11. The van der Waals surface area contributed by atoms with Crippen LogP contribution >= 0.6 is 0 Å². The molecule has 3 heterocycles. The molecule has 1 atom stereocenters. The average Bonchev–Trinajstić information content (AvgIpc) is 3.29. The third-order valence-corrected chi connectivity index (χ3v) is 6.25. The molecule has 6 nitrogen and oxygen atoms in total. The van der Waals surface area contributed by atoms with Gasteiger partial charge in [-0.05, 0) is 74.5 Å². The molecule has 1 N–H and O–H groups in total. The average molecular weight is 399 g/mol. The maximum Gasteiger partial charge on any atom is 0.258 e. The van der Waals surface area contributed by atoms with E-state index in [1.165, 1.54) is 24.0 Å². The molecule has 6 heteroatoms. The van der Waals surface area contributed by atoms with Crippen LogP contribution in [0.15, 0.2) is 40.9 Å². The molecule has 0 saturated carbocycles. The number of aromatic nitrogens is 2. The van der Waals surface area contributed by atoms with E-state index in [0.717, 1.165) is 49.3 Å². The first-order chi connectivity index (χ1) is 14.7. The number of benzene rings is 2. The van der Waals surface area contributed by atoms with Crippen molar-refractivity contribution in [2.24, 2.45) is 0 Å². The summed E-state index contributed by atoms with van der Waals surface area (Å²) in [5, 5.41) is 17.3. The lowest BCUT2D eigenvalue weighted by atomic mass is 9.98. The van der Waals surface area contributed by atoms with Crippen LogP contribution in [0.5, 0.6) is 0 Å². The van der Waals surface area contributed by atoms with E-state index >= 15 is 0 Å². The van der Waals surface area contributed by atoms with Crippen molar-refractivity contribution in [3.05, 3.63) is 53.1 Å². The quantitative estimate of drug-likeness (QED) is 0.707. The molecule has 2 aliphatic rings. The summed E-state index contributed by atoms with van der Waals surface area (Å²) >= 11 is 0. The van der Waals surface area contributed by atoms with Gasteiger partial charge in [-0.25, -0.2) is 0 Å². The van der Waals surface area contributed by atoms with Crippen molar-refractivity contribution >= 4 is 5.69 Å². The number of hydrogen-bond donors (Lipinski definition) is 1. The van der Waals surface area contributed by atoms with Gasteiger partial charge in [-0.1, -0.05) is 17.3 Å². The van der Waals surface area contributed by atoms with Gasteiger partial charge in [0.2, 0.25) is 5.82 Å². The largest absolute Gasteiger partial charge is 0.368 e. The van der Waals surface area contributed by atoms with Crippen molar-refractivity contribution in [2.45, 2.75) is 45.2 Å². The molecule has 1 aromatic heterocycles. The highest BCUT2D eigenvalue weighted by molar-refractivity contribution is 5.69. The molecule has 0 bridgehead atoms. The minimum absolute atomic E-state index is 0.440. The summed E-state index contributed by atoms with van der Waals surface area (Å²) in [6, 6.07) is 15.0. The van der Waals surface area contributed by atoms with E-state index in [0.29, 0.717) is 23.3 Å². The van der Waals surface area contributed by atoms with E-state index in [1.807, 2.05) is 18.2 Å². The summed E-state index contributed by atoms with van der Waals surface area (Å²) in [6.07, 6.45) is 4.63. The first-order valence-electron chi connectivity index (χ1n) is 10.7. The topological polar surface area (TPSA) is 78.0 Å². The molecule has 0 amide bonds. The van der Waals surface area contributed by atoms with Gasteiger partial charge in [0.05, 0.1) is 11.3 Å². The Balaban J connectivity index is 1.44. The van der Waals surface area contributed by atoms with E-state index in [2.05, 4.69) is 51.5 Å². The second-order valence-corrected chi connectivity index (χ2v) is 8.22. The highest BCUT2D eigenvalue weighted by Crippen LogP contribution is 2.32. The smallest absolute Gasteiger partial charge is 0.258 e.